The number of rotatable bonds is 6. The van der Waals surface area contributed by atoms with Crippen LogP contribution in [0.2, 0.25) is 10.0 Å². The second-order valence-electron chi connectivity index (χ2n) is 5.66. The summed E-state index contributed by atoms with van der Waals surface area (Å²) >= 11 is 11.9. The van der Waals surface area contributed by atoms with Crippen molar-refractivity contribution in [1.29, 1.82) is 0 Å². The van der Waals surface area contributed by atoms with Crippen LogP contribution in [-0.2, 0) is 6.54 Å². The van der Waals surface area contributed by atoms with Gasteiger partial charge in [-0.15, -0.1) is 0 Å². The first-order chi connectivity index (χ1) is 13.0. The molecule has 1 aromatic heterocycles. The number of hydrogen-bond donors (Lipinski definition) is 2. The summed E-state index contributed by atoms with van der Waals surface area (Å²) in [4.78, 5) is 12.4. The number of amides is 1. The Kier molecular flexibility index (Phi) is 5.88. The maximum Gasteiger partial charge on any atom is 0.269 e. The van der Waals surface area contributed by atoms with Gasteiger partial charge in [0.25, 0.3) is 5.91 Å². The highest BCUT2D eigenvalue weighted by Crippen LogP contribution is 2.32. The van der Waals surface area contributed by atoms with Gasteiger partial charge in [-0.1, -0.05) is 29.3 Å². The number of aromatic amines is 1. The minimum absolute atomic E-state index is 0.285. The number of methoxy groups -OCH3 is 2. The van der Waals surface area contributed by atoms with Crippen molar-refractivity contribution in [2.45, 2.75) is 6.54 Å². The molecule has 3 aromatic rings. The Morgan fingerprint density at radius 2 is 1.89 bits per heavy atom. The molecule has 0 aliphatic rings. The molecule has 2 N–H and O–H groups in total. The maximum absolute atomic E-state index is 12.4. The smallest absolute Gasteiger partial charge is 0.269 e. The first-order valence-corrected chi connectivity index (χ1v) is 8.77. The number of nitrogens with one attached hydrogen (secondary N) is 2. The van der Waals surface area contributed by atoms with Crippen molar-refractivity contribution in [3.05, 3.63) is 63.8 Å². The molecule has 0 radical (unpaired) electrons. The molecule has 2 aromatic carbocycles. The average molecular weight is 406 g/mol. The third-order valence-corrected chi connectivity index (χ3v) is 4.68. The highest BCUT2D eigenvalue weighted by atomic mass is 35.5. The molecule has 0 bridgehead atoms. The largest absolute Gasteiger partial charge is 0.497 e. The fourth-order valence-corrected chi connectivity index (χ4v) is 2.83. The molecule has 1 heterocycles. The van der Waals surface area contributed by atoms with Gasteiger partial charge >= 0.3 is 0 Å². The summed E-state index contributed by atoms with van der Waals surface area (Å²) < 4.78 is 10.6. The lowest BCUT2D eigenvalue weighted by atomic mass is 10.1. The van der Waals surface area contributed by atoms with Crippen molar-refractivity contribution in [2.75, 3.05) is 14.2 Å². The molecule has 0 saturated carbocycles. The van der Waals surface area contributed by atoms with E-state index in [4.69, 9.17) is 32.7 Å². The van der Waals surface area contributed by atoms with Crippen LogP contribution in [0.4, 0.5) is 0 Å². The summed E-state index contributed by atoms with van der Waals surface area (Å²) in [6.07, 6.45) is 0. The average Bonchev–Trinajstić information content (AvgIpc) is 3.18. The molecule has 0 spiro atoms. The van der Waals surface area contributed by atoms with Crippen molar-refractivity contribution in [3.63, 3.8) is 0 Å². The van der Waals surface area contributed by atoms with E-state index in [1.54, 1.807) is 50.6 Å². The third kappa shape index (κ3) is 4.35. The van der Waals surface area contributed by atoms with Crippen LogP contribution >= 0.6 is 23.2 Å². The third-order valence-electron chi connectivity index (χ3n) is 3.94. The lowest BCUT2D eigenvalue weighted by Crippen LogP contribution is -2.23. The number of nitrogens with zero attached hydrogens (tertiary/aromatic N) is 1. The van der Waals surface area contributed by atoms with Crippen molar-refractivity contribution in [1.82, 2.24) is 15.5 Å². The van der Waals surface area contributed by atoms with Gasteiger partial charge < -0.3 is 14.8 Å². The molecule has 0 aliphatic heterocycles. The number of benzene rings is 2. The molecule has 0 atom stereocenters. The molecular weight excluding hydrogens is 389 g/mol. The normalized spacial score (nSPS) is 10.5. The van der Waals surface area contributed by atoms with Crippen LogP contribution in [0.5, 0.6) is 11.5 Å². The van der Waals surface area contributed by atoms with Gasteiger partial charge in [-0.3, -0.25) is 9.89 Å². The van der Waals surface area contributed by atoms with Crippen molar-refractivity contribution < 1.29 is 14.3 Å². The Bertz CT molecular complexity index is 973. The van der Waals surface area contributed by atoms with E-state index >= 15 is 0 Å². The van der Waals surface area contributed by atoms with Crippen LogP contribution in [0, 0.1) is 0 Å². The lowest BCUT2D eigenvalue weighted by molar-refractivity contribution is 0.0946. The number of carbonyl (C=O) groups excluding carboxylic acids is 1. The summed E-state index contributed by atoms with van der Waals surface area (Å²) in [7, 11) is 3.15. The minimum atomic E-state index is -0.285. The molecule has 27 heavy (non-hydrogen) atoms. The zero-order valence-corrected chi connectivity index (χ0v) is 16.2. The second kappa shape index (κ2) is 8.33. The van der Waals surface area contributed by atoms with Gasteiger partial charge in [0.1, 0.15) is 17.2 Å². The monoisotopic (exact) mass is 405 g/mol. The summed E-state index contributed by atoms with van der Waals surface area (Å²) in [5, 5.41) is 10.7. The van der Waals surface area contributed by atoms with Gasteiger partial charge in [-0.2, -0.15) is 5.10 Å². The molecule has 0 aliphatic carbocycles. The Balaban J connectivity index is 1.73. The zero-order valence-electron chi connectivity index (χ0n) is 14.7. The van der Waals surface area contributed by atoms with E-state index in [2.05, 4.69) is 15.5 Å². The number of halogens is 2. The van der Waals surface area contributed by atoms with Crippen molar-refractivity contribution in [3.8, 4) is 22.8 Å². The Labute approximate surface area is 166 Å². The summed E-state index contributed by atoms with van der Waals surface area (Å²) in [6, 6.07) is 12.2. The molecule has 3 rings (SSSR count). The molecule has 8 heteroatoms. The highest BCUT2D eigenvalue weighted by molar-refractivity contribution is 6.42. The lowest BCUT2D eigenvalue weighted by Gasteiger charge is -2.08. The molecule has 1 amide bonds. The minimum Gasteiger partial charge on any atom is -0.497 e. The topological polar surface area (TPSA) is 76.2 Å². The first-order valence-electron chi connectivity index (χ1n) is 8.01. The van der Waals surface area contributed by atoms with E-state index in [-0.39, 0.29) is 5.91 Å². The van der Waals surface area contributed by atoms with Crippen molar-refractivity contribution >= 4 is 29.1 Å². The number of ether oxygens (including phenoxy) is 2. The van der Waals surface area contributed by atoms with Crippen molar-refractivity contribution in [2.24, 2.45) is 0 Å². The van der Waals surface area contributed by atoms with Crippen LogP contribution in [0.15, 0.2) is 42.5 Å². The Hall–Kier alpha value is -2.70. The Morgan fingerprint density at radius 1 is 1.07 bits per heavy atom. The number of aromatic nitrogens is 2. The fourth-order valence-electron chi connectivity index (χ4n) is 2.51. The van der Waals surface area contributed by atoms with E-state index < -0.39 is 0 Å². The van der Waals surface area contributed by atoms with Gasteiger partial charge in [0, 0.05) is 18.2 Å². The van der Waals surface area contributed by atoms with Crippen LogP contribution in [0.1, 0.15) is 16.1 Å². The number of hydrogen-bond acceptors (Lipinski definition) is 4. The van der Waals surface area contributed by atoms with Crippen LogP contribution in [-0.4, -0.2) is 30.3 Å². The maximum atomic E-state index is 12.4. The van der Waals surface area contributed by atoms with Gasteiger partial charge in [0.05, 0.1) is 30.0 Å². The second-order valence-corrected chi connectivity index (χ2v) is 6.48. The van der Waals surface area contributed by atoms with Crippen LogP contribution < -0.4 is 14.8 Å². The molecule has 0 fully saturated rings. The van der Waals surface area contributed by atoms with Gasteiger partial charge in [-0.05, 0) is 35.9 Å². The summed E-state index contributed by atoms with van der Waals surface area (Å²) in [5.74, 6) is 0.988. The predicted octanol–water partition coefficient (Wildman–Crippen LogP) is 4.33. The standard InChI is InChI=1S/C19H17Cl2N3O3/c1-26-12-4-5-13(18(8-12)27-2)16-9-17(24-23-16)19(25)22-10-11-3-6-14(20)15(21)7-11/h3-9H,10H2,1-2H3,(H,22,25)(H,23,24). The van der Waals surface area contributed by atoms with Gasteiger partial charge in [-0.25, -0.2) is 0 Å². The molecule has 0 unspecified atom stereocenters. The number of H-pyrrole nitrogens is 1. The Morgan fingerprint density at radius 3 is 2.59 bits per heavy atom. The van der Waals surface area contributed by atoms with Gasteiger partial charge in [0.15, 0.2) is 0 Å². The first kappa shape index (κ1) is 19.1. The van der Waals surface area contributed by atoms with Crippen LogP contribution in [0.3, 0.4) is 0 Å². The highest BCUT2D eigenvalue weighted by Gasteiger charge is 2.14. The van der Waals surface area contributed by atoms with E-state index in [9.17, 15) is 4.79 Å². The molecule has 6 nitrogen and oxygen atoms in total. The summed E-state index contributed by atoms with van der Waals surface area (Å²) in [6.45, 7) is 0.315. The van der Waals surface area contributed by atoms with E-state index in [0.29, 0.717) is 39.5 Å². The summed E-state index contributed by atoms with van der Waals surface area (Å²) in [5.41, 5.74) is 2.52. The SMILES string of the molecule is COc1ccc(-c2cc(C(=O)NCc3ccc(Cl)c(Cl)c3)[nH]n2)c(OC)c1. The molecular formula is C19H17Cl2N3O3. The molecule has 0 saturated heterocycles. The number of carbonyl (C=O) groups is 1. The van der Waals surface area contributed by atoms with E-state index in [0.717, 1.165) is 11.1 Å². The van der Waals surface area contributed by atoms with E-state index in [1.165, 1.54) is 0 Å². The molecule has 140 valence electrons. The fraction of sp³-hybridized carbons (Fsp3) is 0.158. The zero-order chi connectivity index (χ0) is 19.4. The van der Waals surface area contributed by atoms with Crippen LogP contribution in [0.25, 0.3) is 11.3 Å². The predicted molar refractivity (Wildman–Crippen MR) is 105 cm³/mol. The van der Waals surface area contributed by atoms with Gasteiger partial charge in [0.2, 0.25) is 0 Å². The quantitative estimate of drug-likeness (QED) is 0.639. The van der Waals surface area contributed by atoms with E-state index in [1.807, 2.05) is 6.07 Å².